The van der Waals surface area contributed by atoms with Gasteiger partial charge in [-0.25, -0.2) is 0 Å². The summed E-state index contributed by atoms with van der Waals surface area (Å²) in [5.74, 6) is -1.29. The van der Waals surface area contributed by atoms with Crippen LogP contribution in [0.5, 0.6) is 0 Å². The largest absolute Gasteiger partial charge is 0.481 e. The number of aromatic nitrogens is 1. The summed E-state index contributed by atoms with van der Waals surface area (Å²) >= 11 is 0. The van der Waals surface area contributed by atoms with E-state index in [0.29, 0.717) is 29.4 Å². The number of amides is 1. The van der Waals surface area contributed by atoms with Crippen molar-refractivity contribution in [2.24, 2.45) is 0 Å². The van der Waals surface area contributed by atoms with Crippen LogP contribution in [0.4, 0.5) is 0 Å². The van der Waals surface area contributed by atoms with Crippen molar-refractivity contribution in [1.82, 2.24) is 9.88 Å². The van der Waals surface area contributed by atoms with Crippen LogP contribution in [0.1, 0.15) is 33.9 Å². The molecule has 0 spiro atoms. The fraction of sp³-hybridized carbons (Fsp3) is 0.190. The molecule has 6 heteroatoms. The molecule has 1 aliphatic heterocycles. The van der Waals surface area contributed by atoms with Crippen LogP contribution in [0.25, 0.3) is 10.9 Å². The van der Waals surface area contributed by atoms with Crippen LogP contribution in [-0.4, -0.2) is 33.4 Å². The zero-order valence-electron chi connectivity index (χ0n) is 14.5. The average molecular weight is 362 g/mol. The van der Waals surface area contributed by atoms with Gasteiger partial charge in [0.15, 0.2) is 0 Å². The molecule has 1 aromatic heterocycles. The standard InChI is InChI=1S/C21H18N2O4/c24-19-11-16(15-7-3-4-8-17(15)22-19)21(27)23-10-9-13-5-1-2-6-14(13)18(23)12-20(25)26/h1-8,11,18H,9-10,12H2,(H,22,24)(H,25,26)/t18-/m1/s1. The highest BCUT2D eigenvalue weighted by Crippen LogP contribution is 2.34. The summed E-state index contributed by atoms with van der Waals surface area (Å²) in [5, 5.41) is 10.0. The Kier molecular flexibility index (Phi) is 4.24. The molecule has 136 valence electrons. The van der Waals surface area contributed by atoms with Crippen molar-refractivity contribution in [3.05, 3.63) is 81.6 Å². The lowest BCUT2D eigenvalue weighted by molar-refractivity contribution is -0.138. The highest BCUT2D eigenvalue weighted by Gasteiger charge is 2.33. The number of carboxylic acids is 1. The zero-order valence-corrected chi connectivity index (χ0v) is 14.5. The maximum Gasteiger partial charge on any atom is 0.305 e. The highest BCUT2D eigenvalue weighted by molar-refractivity contribution is 6.06. The Balaban J connectivity index is 1.82. The third kappa shape index (κ3) is 3.10. The van der Waals surface area contributed by atoms with Gasteiger partial charge in [-0.3, -0.25) is 14.4 Å². The lowest BCUT2D eigenvalue weighted by Gasteiger charge is -2.37. The fourth-order valence-corrected chi connectivity index (χ4v) is 3.82. The maximum atomic E-state index is 13.3. The van der Waals surface area contributed by atoms with E-state index in [4.69, 9.17) is 0 Å². The minimum absolute atomic E-state index is 0.177. The van der Waals surface area contributed by atoms with E-state index in [1.165, 1.54) is 6.07 Å². The molecule has 0 bridgehead atoms. The monoisotopic (exact) mass is 362 g/mol. The number of benzene rings is 2. The van der Waals surface area contributed by atoms with Gasteiger partial charge in [0.25, 0.3) is 5.91 Å². The van der Waals surface area contributed by atoms with Crippen LogP contribution in [0.15, 0.2) is 59.4 Å². The van der Waals surface area contributed by atoms with Crippen molar-refractivity contribution in [2.75, 3.05) is 6.54 Å². The number of carbonyl (C=O) groups is 2. The number of hydrogen-bond donors (Lipinski definition) is 2. The maximum absolute atomic E-state index is 13.3. The first-order valence-corrected chi connectivity index (χ1v) is 8.77. The number of para-hydroxylation sites is 1. The molecule has 0 saturated carbocycles. The van der Waals surface area contributed by atoms with E-state index in [9.17, 15) is 19.5 Å². The number of rotatable bonds is 3. The molecule has 2 N–H and O–H groups in total. The van der Waals surface area contributed by atoms with E-state index < -0.39 is 12.0 Å². The SMILES string of the molecule is O=C(O)C[C@@H]1c2ccccc2CCN1C(=O)c1cc(=O)[nH]c2ccccc12. The Morgan fingerprint density at radius 1 is 1.11 bits per heavy atom. The summed E-state index contributed by atoms with van der Waals surface area (Å²) in [4.78, 5) is 41.1. The van der Waals surface area contributed by atoms with Crippen molar-refractivity contribution in [1.29, 1.82) is 0 Å². The molecule has 27 heavy (non-hydrogen) atoms. The molecule has 6 nitrogen and oxygen atoms in total. The molecule has 3 aromatic rings. The molecule has 1 amide bonds. The first-order chi connectivity index (χ1) is 13.0. The minimum Gasteiger partial charge on any atom is -0.481 e. The van der Waals surface area contributed by atoms with Crippen LogP contribution in [0, 0.1) is 0 Å². The van der Waals surface area contributed by atoms with Gasteiger partial charge < -0.3 is 15.0 Å². The third-order valence-electron chi connectivity index (χ3n) is 5.02. The van der Waals surface area contributed by atoms with Gasteiger partial charge in [-0.15, -0.1) is 0 Å². The average Bonchev–Trinajstić information content (AvgIpc) is 2.66. The van der Waals surface area contributed by atoms with Gasteiger partial charge in [0.05, 0.1) is 18.0 Å². The predicted octanol–water partition coefficient (Wildman–Crippen LogP) is 2.74. The lowest BCUT2D eigenvalue weighted by atomic mass is 9.90. The molecular weight excluding hydrogens is 344 g/mol. The molecular formula is C21H18N2O4. The summed E-state index contributed by atoms with van der Waals surface area (Å²) in [5.41, 5.74) is 2.44. The second-order valence-corrected chi connectivity index (χ2v) is 6.65. The van der Waals surface area contributed by atoms with Gasteiger partial charge in [-0.1, -0.05) is 42.5 Å². The number of aromatic amines is 1. The van der Waals surface area contributed by atoms with Crippen molar-refractivity contribution >= 4 is 22.8 Å². The fourth-order valence-electron chi connectivity index (χ4n) is 3.82. The third-order valence-corrected chi connectivity index (χ3v) is 5.02. The van der Waals surface area contributed by atoms with Crippen LogP contribution < -0.4 is 5.56 Å². The normalized spacial score (nSPS) is 16.1. The van der Waals surface area contributed by atoms with Gasteiger partial charge in [0.2, 0.25) is 5.56 Å². The number of aliphatic carboxylic acids is 1. The first-order valence-electron chi connectivity index (χ1n) is 8.77. The molecule has 2 heterocycles. The number of nitrogens with zero attached hydrogens (tertiary/aromatic N) is 1. The Morgan fingerprint density at radius 3 is 2.67 bits per heavy atom. The minimum atomic E-state index is -0.967. The molecule has 1 aliphatic rings. The van der Waals surface area contributed by atoms with E-state index in [0.717, 1.165) is 11.1 Å². The van der Waals surface area contributed by atoms with E-state index in [1.54, 1.807) is 29.2 Å². The Labute approximate surface area is 155 Å². The van der Waals surface area contributed by atoms with Gasteiger partial charge in [0, 0.05) is 23.5 Å². The van der Waals surface area contributed by atoms with E-state index in [-0.39, 0.29) is 17.9 Å². The molecule has 0 saturated heterocycles. The molecule has 0 fully saturated rings. The number of pyridine rings is 1. The molecule has 0 aliphatic carbocycles. The topological polar surface area (TPSA) is 90.5 Å². The number of carbonyl (C=O) groups excluding carboxylic acids is 1. The summed E-state index contributed by atoms with van der Waals surface area (Å²) in [6, 6.07) is 15.5. The second-order valence-electron chi connectivity index (χ2n) is 6.65. The van der Waals surface area contributed by atoms with Gasteiger partial charge in [0.1, 0.15) is 0 Å². The molecule has 1 atom stereocenters. The van der Waals surface area contributed by atoms with Crippen LogP contribution in [-0.2, 0) is 11.2 Å². The Morgan fingerprint density at radius 2 is 1.85 bits per heavy atom. The lowest BCUT2D eigenvalue weighted by Crippen LogP contribution is -2.41. The molecule has 0 radical (unpaired) electrons. The Hall–Kier alpha value is -3.41. The van der Waals surface area contributed by atoms with E-state index in [2.05, 4.69) is 4.98 Å². The van der Waals surface area contributed by atoms with Crippen LogP contribution >= 0.6 is 0 Å². The Bertz CT molecular complexity index is 1100. The van der Waals surface area contributed by atoms with E-state index >= 15 is 0 Å². The van der Waals surface area contributed by atoms with Crippen molar-refractivity contribution in [3.8, 4) is 0 Å². The summed E-state index contributed by atoms with van der Waals surface area (Å²) in [6.07, 6.45) is 0.475. The number of nitrogens with one attached hydrogen (secondary N) is 1. The highest BCUT2D eigenvalue weighted by atomic mass is 16.4. The summed E-state index contributed by atoms with van der Waals surface area (Å²) < 4.78 is 0. The van der Waals surface area contributed by atoms with Crippen molar-refractivity contribution < 1.29 is 14.7 Å². The van der Waals surface area contributed by atoms with Crippen LogP contribution in [0.3, 0.4) is 0 Å². The van der Waals surface area contributed by atoms with E-state index in [1.807, 2.05) is 24.3 Å². The quantitative estimate of drug-likeness (QED) is 0.750. The molecule has 4 rings (SSSR count). The second kappa shape index (κ2) is 6.72. The van der Waals surface area contributed by atoms with Crippen molar-refractivity contribution in [3.63, 3.8) is 0 Å². The number of hydrogen-bond acceptors (Lipinski definition) is 3. The van der Waals surface area contributed by atoms with Crippen molar-refractivity contribution in [2.45, 2.75) is 18.9 Å². The van der Waals surface area contributed by atoms with Gasteiger partial charge in [-0.2, -0.15) is 0 Å². The summed E-state index contributed by atoms with van der Waals surface area (Å²) in [6.45, 7) is 0.412. The van der Waals surface area contributed by atoms with Gasteiger partial charge >= 0.3 is 5.97 Å². The number of fused-ring (bicyclic) bond motifs is 2. The van der Waals surface area contributed by atoms with Gasteiger partial charge in [-0.05, 0) is 23.6 Å². The zero-order chi connectivity index (χ0) is 19.0. The first kappa shape index (κ1) is 17.0. The predicted molar refractivity (Wildman–Crippen MR) is 101 cm³/mol. The molecule has 0 unspecified atom stereocenters. The van der Waals surface area contributed by atoms with Crippen LogP contribution in [0.2, 0.25) is 0 Å². The number of H-pyrrole nitrogens is 1. The smallest absolute Gasteiger partial charge is 0.305 e. The molecule has 2 aromatic carbocycles. The summed E-state index contributed by atoms with van der Waals surface area (Å²) in [7, 11) is 0. The number of carboxylic acid groups (broad SMARTS) is 1.